The van der Waals surface area contributed by atoms with E-state index in [1.54, 1.807) is 40.1 Å². The summed E-state index contributed by atoms with van der Waals surface area (Å²) in [6.07, 6.45) is 3.68. The summed E-state index contributed by atoms with van der Waals surface area (Å²) in [5.41, 5.74) is 2.55. The van der Waals surface area contributed by atoms with Gasteiger partial charge in [-0.25, -0.2) is 0 Å². The first-order chi connectivity index (χ1) is 15.4. The quantitative estimate of drug-likeness (QED) is 0.315. The Morgan fingerprint density at radius 1 is 1.09 bits per heavy atom. The fraction of sp³-hybridized carbons (Fsp3) is 0.304. The molecule has 0 aliphatic carbocycles. The number of nitrogens with zero attached hydrogens (tertiary/aromatic N) is 3. The van der Waals surface area contributed by atoms with Gasteiger partial charge in [-0.15, -0.1) is 0 Å². The molecule has 1 fully saturated rings. The lowest BCUT2D eigenvalue weighted by atomic mass is 9.95. The van der Waals surface area contributed by atoms with Gasteiger partial charge in [0.2, 0.25) is 11.8 Å². The summed E-state index contributed by atoms with van der Waals surface area (Å²) in [5.74, 6) is 0.396. The molecule has 2 aliphatic heterocycles. The third-order valence-electron chi connectivity index (χ3n) is 5.67. The van der Waals surface area contributed by atoms with Gasteiger partial charge in [-0.3, -0.25) is 19.7 Å². The first-order valence-corrected chi connectivity index (χ1v) is 10.4. The van der Waals surface area contributed by atoms with Crippen molar-refractivity contribution in [2.75, 3.05) is 32.8 Å². The second kappa shape index (κ2) is 9.19. The maximum atomic E-state index is 12.7. The summed E-state index contributed by atoms with van der Waals surface area (Å²) >= 11 is 0. The average Bonchev–Trinajstić information content (AvgIpc) is 2.82. The van der Waals surface area contributed by atoms with Gasteiger partial charge >= 0.3 is 0 Å². The van der Waals surface area contributed by atoms with Crippen molar-refractivity contribution in [2.45, 2.75) is 13.3 Å². The van der Waals surface area contributed by atoms with E-state index in [0.29, 0.717) is 61.6 Å². The molecule has 0 spiro atoms. The van der Waals surface area contributed by atoms with Crippen molar-refractivity contribution < 1.29 is 24.3 Å². The Labute approximate surface area is 184 Å². The van der Waals surface area contributed by atoms with Gasteiger partial charge in [0.1, 0.15) is 0 Å². The van der Waals surface area contributed by atoms with E-state index < -0.39 is 4.92 Å². The molecule has 4 rings (SSSR count). The van der Waals surface area contributed by atoms with E-state index in [1.807, 2.05) is 6.07 Å². The lowest BCUT2D eigenvalue weighted by Gasteiger charge is -2.33. The van der Waals surface area contributed by atoms with Crippen LogP contribution >= 0.6 is 0 Å². The number of nitro groups is 1. The van der Waals surface area contributed by atoms with Gasteiger partial charge in [-0.2, -0.15) is 4.89 Å². The second-order valence-electron chi connectivity index (χ2n) is 7.64. The topological polar surface area (TPSA) is 102 Å². The summed E-state index contributed by atoms with van der Waals surface area (Å²) in [6, 6.07) is 10.1. The first kappa shape index (κ1) is 21.5. The van der Waals surface area contributed by atoms with Crippen molar-refractivity contribution in [2.24, 2.45) is 0 Å². The van der Waals surface area contributed by atoms with Gasteiger partial charge in [0.25, 0.3) is 5.69 Å². The number of fused-ring (bicyclic) bond motifs is 1. The van der Waals surface area contributed by atoms with Crippen LogP contribution in [0.25, 0.3) is 17.2 Å². The summed E-state index contributed by atoms with van der Waals surface area (Å²) in [7, 11) is 0. The fourth-order valence-corrected chi connectivity index (χ4v) is 3.94. The molecule has 2 aromatic rings. The average molecular weight is 437 g/mol. The van der Waals surface area contributed by atoms with Gasteiger partial charge in [0.05, 0.1) is 17.1 Å². The van der Waals surface area contributed by atoms with Crippen LogP contribution in [0.2, 0.25) is 0 Å². The molecule has 2 heterocycles. The molecule has 0 aromatic heterocycles. The molecule has 2 amide bonds. The number of carbonyl (C=O) groups is 2. The highest BCUT2D eigenvalue weighted by atomic mass is 17.2. The molecule has 0 radical (unpaired) electrons. The minimum absolute atomic E-state index is 0.00381. The van der Waals surface area contributed by atoms with Crippen LogP contribution in [0.1, 0.15) is 18.1 Å². The Bertz CT molecular complexity index is 1090. The third kappa shape index (κ3) is 4.47. The van der Waals surface area contributed by atoms with E-state index in [4.69, 9.17) is 9.78 Å². The minimum atomic E-state index is -0.422. The highest BCUT2D eigenvalue weighted by Gasteiger charge is 2.23. The van der Waals surface area contributed by atoms with Crippen LogP contribution in [0.3, 0.4) is 0 Å². The lowest BCUT2D eigenvalue weighted by molar-refractivity contribution is -0.384. The largest absolute Gasteiger partial charge is 0.339 e. The van der Waals surface area contributed by atoms with Crippen LogP contribution in [0, 0.1) is 10.1 Å². The first-order valence-electron chi connectivity index (χ1n) is 10.4. The van der Waals surface area contributed by atoms with E-state index in [1.165, 1.54) is 19.1 Å². The highest BCUT2D eigenvalue weighted by molar-refractivity contribution is 5.94. The number of benzene rings is 2. The summed E-state index contributed by atoms with van der Waals surface area (Å²) in [5, 5.41) is 11.7. The Hall–Kier alpha value is -3.72. The molecule has 1 saturated heterocycles. The molecular weight excluding hydrogens is 414 g/mol. The number of hydrogen-bond acceptors (Lipinski definition) is 6. The van der Waals surface area contributed by atoms with Crippen LogP contribution < -0.4 is 4.89 Å². The van der Waals surface area contributed by atoms with Crippen molar-refractivity contribution in [3.63, 3.8) is 0 Å². The number of rotatable bonds is 4. The van der Waals surface area contributed by atoms with Crippen molar-refractivity contribution in [1.82, 2.24) is 9.80 Å². The van der Waals surface area contributed by atoms with Gasteiger partial charge in [0.15, 0.2) is 5.75 Å². The van der Waals surface area contributed by atoms with E-state index in [0.717, 1.165) is 5.56 Å². The highest BCUT2D eigenvalue weighted by Crippen LogP contribution is 2.37. The summed E-state index contributed by atoms with van der Waals surface area (Å²) < 4.78 is 0. The Morgan fingerprint density at radius 3 is 2.56 bits per heavy atom. The van der Waals surface area contributed by atoms with Crippen molar-refractivity contribution >= 4 is 23.6 Å². The molecule has 0 unspecified atom stereocenters. The van der Waals surface area contributed by atoms with Crippen molar-refractivity contribution in [1.29, 1.82) is 0 Å². The molecule has 166 valence electrons. The monoisotopic (exact) mass is 437 g/mol. The van der Waals surface area contributed by atoms with Crippen LogP contribution in [0.15, 0.2) is 42.5 Å². The molecule has 2 aromatic carbocycles. The third-order valence-corrected chi connectivity index (χ3v) is 5.67. The summed E-state index contributed by atoms with van der Waals surface area (Å²) in [6.45, 7) is 3.83. The zero-order valence-electron chi connectivity index (χ0n) is 17.7. The number of carbonyl (C=O) groups excluding carboxylic acids is 2. The molecule has 0 atom stereocenters. The Morgan fingerprint density at radius 2 is 1.84 bits per heavy atom. The number of nitro benzene ring substituents is 1. The van der Waals surface area contributed by atoms with Gasteiger partial charge in [-0.05, 0) is 29.3 Å². The van der Waals surface area contributed by atoms with E-state index in [-0.39, 0.29) is 17.5 Å². The molecule has 2 aliphatic rings. The molecule has 32 heavy (non-hydrogen) atoms. The van der Waals surface area contributed by atoms with Crippen molar-refractivity contribution in [3.8, 4) is 16.9 Å². The number of hydrogen-bond donors (Lipinski definition) is 0. The standard InChI is InChI=1S/C23H23N3O6/c1-16(27)24-10-12-25(13-11-24)22(28)8-6-17-3-2-4-20(26(29)30)23(17)19-5-7-21-18(15-19)9-14-31-32-21/h2-8,15H,9-14H2,1H3/b8-6+. The van der Waals surface area contributed by atoms with Crippen LogP contribution in [0.4, 0.5) is 5.69 Å². The number of piperazine rings is 1. The van der Waals surface area contributed by atoms with Gasteiger partial charge < -0.3 is 14.7 Å². The Kier molecular flexibility index (Phi) is 6.18. The SMILES string of the molecule is CC(=O)N1CCN(C(=O)/C=C/c2cccc([N+](=O)[O-])c2-c2ccc3c(c2)CCOO3)CC1. The molecule has 0 N–H and O–H groups in total. The van der Waals surface area contributed by atoms with E-state index >= 15 is 0 Å². The van der Waals surface area contributed by atoms with Crippen LogP contribution in [0.5, 0.6) is 5.75 Å². The van der Waals surface area contributed by atoms with Gasteiger partial charge in [-0.1, -0.05) is 18.2 Å². The molecule has 9 heteroatoms. The zero-order valence-corrected chi connectivity index (χ0v) is 17.7. The minimum Gasteiger partial charge on any atom is -0.339 e. The Balaban J connectivity index is 1.62. The lowest BCUT2D eigenvalue weighted by Crippen LogP contribution is -2.49. The van der Waals surface area contributed by atoms with Crippen LogP contribution in [-0.2, 0) is 20.9 Å². The predicted molar refractivity (Wildman–Crippen MR) is 117 cm³/mol. The zero-order chi connectivity index (χ0) is 22.7. The molecule has 9 nitrogen and oxygen atoms in total. The van der Waals surface area contributed by atoms with Gasteiger partial charge in [0, 0.05) is 57.2 Å². The van der Waals surface area contributed by atoms with Crippen molar-refractivity contribution in [3.05, 3.63) is 63.7 Å². The fourth-order valence-electron chi connectivity index (χ4n) is 3.94. The van der Waals surface area contributed by atoms with E-state index in [2.05, 4.69) is 0 Å². The maximum Gasteiger partial charge on any atom is 0.277 e. The summed E-state index contributed by atoms with van der Waals surface area (Å²) in [4.78, 5) is 49.0. The molecule has 0 saturated carbocycles. The maximum absolute atomic E-state index is 12.7. The van der Waals surface area contributed by atoms with E-state index in [9.17, 15) is 19.7 Å². The number of amides is 2. The van der Waals surface area contributed by atoms with Crippen LogP contribution in [-0.4, -0.2) is 59.3 Å². The molecule has 0 bridgehead atoms. The predicted octanol–water partition coefficient (Wildman–Crippen LogP) is 2.83. The second-order valence-corrected chi connectivity index (χ2v) is 7.64. The normalized spacial score (nSPS) is 15.9. The smallest absolute Gasteiger partial charge is 0.277 e. The molecular formula is C23H23N3O6.